The van der Waals surface area contributed by atoms with Crippen LogP contribution in [0.15, 0.2) is 24.3 Å². The van der Waals surface area contributed by atoms with Crippen LogP contribution in [0, 0.1) is 0 Å². The summed E-state index contributed by atoms with van der Waals surface area (Å²) in [5.74, 6) is -0.482. The Labute approximate surface area is 170 Å². The van der Waals surface area contributed by atoms with Crippen molar-refractivity contribution in [2.75, 3.05) is 31.6 Å². The molecule has 1 aromatic carbocycles. The second kappa shape index (κ2) is 7.63. The number of anilines is 1. The number of nitrogens with zero attached hydrogens (tertiary/aromatic N) is 3. The van der Waals surface area contributed by atoms with Gasteiger partial charge in [-0.05, 0) is 12.1 Å². The fourth-order valence-electron chi connectivity index (χ4n) is 3.71. The Morgan fingerprint density at radius 1 is 1.37 bits per heavy atom. The topological polar surface area (TPSA) is 90.6 Å². The minimum Gasteiger partial charge on any atom is -0.489 e. The largest absolute Gasteiger partial charge is 0.489 e. The summed E-state index contributed by atoms with van der Waals surface area (Å²) in [4.78, 5) is 28.2. The van der Waals surface area contributed by atoms with E-state index >= 15 is 0 Å². The number of ether oxygens (including phenoxy) is 1. The third kappa shape index (κ3) is 3.97. The maximum atomic E-state index is 12.8. The maximum Gasteiger partial charge on any atom is 0.401 e. The van der Waals surface area contributed by atoms with Gasteiger partial charge in [-0.1, -0.05) is 12.1 Å². The van der Waals surface area contributed by atoms with E-state index in [9.17, 15) is 22.8 Å². The quantitative estimate of drug-likeness (QED) is 0.781. The van der Waals surface area contributed by atoms with Gasteiger partial charge in [-0.3, -0.25) is 19.6 Å². The standard InChI is InChI=1S/C19H20F3N5O3/c1-26-14-4-2-3-5-15(14)30-9-13(18(26)29)23-17(28)16-11-8-27(10-19(20,21)22)7-6-12(11)24-25-16/h2-5,13H,6-10H2,1H3,(H,23,28)(H,24,25). The van der Waals surface area contributed by atoms with Crippen LogP contribution in [-0.4, -0.2) is 65.9 Å². The van der Waals surface area contributed by atoms with Gasteiger partial charge in [0, 0.05) is 37.8 Å². The number of rotatable bonds is 3. The molecule has 1 aromatic heterocycles. The van der Waals surface area contributed by atoms with E-state index in [1.54, 1.807) is 31.3 Å². The Bertz CT molecular complexity index is 975. The lowest BCUT2D eigenvalue weighted by Gasteiger charge is -2.27. The normalized spacial score (nSPS) is 19.5. The fourth-order valence-corrected chi connectivity index (χ4v) is 3.71. The van der Waals surface area contributed by atoms with Gasteiger partial charge in [-0.25, -0.2) is 0 Å². The summed E-state index contributed by atoms with van der Waals surface area (Å²) in [5, 5.41) is 9.33. The number of halogens is 3. The molecule has 0 fully saturated rings. The molecule has 2 aromatic rings. The number of hydrogen-bond acceptors (Lipinski definition) is 5. The SMILES string of the molecule is CN1C(=O)C(NC(=O)c2n[nH]c3c2CN(CC(F)(F)F)CC3)COc2ccccc21. The van der Waals surface area contributed by atoms with Crippen LogP contribution in [0.5, 0.6) is 5.75 Å². The molecule has 0 spiro atoms. The number of nitrogens with one attached hydrogen (secondary N) is 2. The molecule has 1 atom stereocenters. The average molecular weight is 423 g/mol. The summed E-state index contributed by atoms with van der Waals surface area (Å²) in [7, 11) is 1.58. The Balaban J connectivity index is 1.49. The Morgan fingerprint density at radius 2 is 2.13 bits per heavy atom. The molecule has 30 heavy (non-hydrogen) atoms. The van der Waals surface area contributed by atoms with Gasteiger partial charge in [-0.2, -0.15) is 18.3 Å². The van der Waals surface area contributed by atoms with Crippen molar-refractivity contribution >= 4 is 17.5 Å². The lowest BCUT2D eigenvalue weighted by molar-refractivity contribution is -0.147. The smallest absolute Gasteiger partial charge is 0.401 e. The van der Waals surface area contributed by atoms with E-state index in [2.05, 4.69) is 15.5 Å². The van der Waals surface area contributed by atoms with Gasteiger partial charge >= 0.3 is 6.18 Å². The van der Waals surface area contributed by atoms with E-state index in [-0.39, 0.29) is 31.3 Å². The van der Waals surface area contributed by atoms with Crippen LogP contribution >= 0.6 is 0 Å². The van der Waals surface area contributed by atoms with Crippen molar-refractivity contribution in [1.82, 2.24) is 20.4 Å². The summed E-state index contributed by atoms with van der Waals surface area (Å²) in [6.07, 6.45) is -4.00. The van der Waals surface area contributed by atoms with Gasteiger partial charge < -0.3 is 15.0 Å². The molecule has 0 saturated carbocycles. The molecule has 0 aliphatic carbocycles. The number of H-pyrrole nitrogens is 1. The molecule has 11 heteroatoms. The van der Waals surface area contributed by atoms with Crippen molar-refractivity contribution < 1.29 is 27.5 Å². The summed E-state index contributed by atoms with van der Waals surface area (Å²) < 4.78 is 43.9. The molecule has 4 rings (SSSR count). The summed E-state index contributed by atoms with van der Waals surface area (Å²) in [5.41, 5.74) is 1.63. The Kier molecular flexibility index (Phi) is 5.14. The molecule has 8 nitrogen and oxygen atoms in total. The number of aromatic nitrogens is 2. The lowest BCUT2D eigenvalue weighted by Crippen LogP contribution is -2.49. The number of alkyl halides is 3. The third-order valence-electron chi connectivity index (χ3n) is 5.20. The van der Waals surface area contributed by atoms with Gasteiger partial charge in [0.05, 0.1) is 12.2 Å². The molecule has 2 aliphatic rings. The van der Waals surface area contributed by atoms with Crippen molar-refractivity contribution in [3.05, 3.63) is 41.2 Å². The van der Waals surface area contributed by atoms with Crippen LogP contribution in [0.1, 0.15) is 21.7 Å². The highest BCUT2D eigenvalue weighted by Gasteiger charge is 2.35. The molecular formula is C19H20F3N5O3. The number of hydrogen-bond donors (Lipinski definition) is 2. The zero-order valence-corrected chi connectivity index (χ0v) is 16.1. The van der Waals surface area contributed by atoms with Crippen LogP contribution < -0.4 is 15.0 Å². The molecule has 160 valence electrons. The second-order valence-corrected chi connectivity index (χ2v) is 7.31. The van der Waals surface area contributed by atoms with Gasteiger partial charge in [0.25, 0.3) is 11.8 Å². The van der Waals surface area contributed by atoms with E-state index < -0.39 is 24.7 Å². The highest BCUT2D eigenvalue weighted by molar-refractivity contribution is 6.03. The van der Waals surface area contributed by atoms with Crippen molar-refractivity contribution in [2.24, 2.45) is 0 Å². The summed E-state index contributed by atoms with van der Waals surface area (Å²) in [6, 6.07) is 6.04. The average Bonchev–Trinajstić information content (AvgIpc) is 3.07. The van der Waals surface area contributed by atoms with E-state index in [0.717, 1.165) is 0 Å². The minimum atomic E-state index is -4.33. The van der Waals surface area contributed by atoms with Crippen LogP contribution in [-0.2, 0) is 17.8 Å². The molecule has 2 N–H and O–H groups in total. The van der Waals surface area contributed by atoms with E-state index in [0.29, 0.717) is 29.1 Å². The first-order valence-corrected chi connectivity index (χ1v) is 9.38. The van der Waals surface area contributed by atoms with Gasteiger partial charge in [0.15, 0.2) is 5.69 Å². The summed E-state index contributed by atoms with van der Waals surface area (Å²) in [6.45, 7) is -0.961. The lowest BCUT2D eigenvalue weighted by atomic mass is 10.0. The van der Waals surface area contributed by atoms with Crippen molar-refractivity contribution in [3.63, 3.8) is 0 Å². The number of carbonyl (C=O) groups is 2. The van der Waals surface area contributed by atoms with E-state index in [1.807, 2.05) is 0 Å². The van der Waals surface area contributed by atoms with Crippen LogP contribution in [0.2, 0.25) is 0 Å². The van der Waals surface area contributed by atoms with Crippen LogP contribution in [0.3, 0.4) is 0 Å². The Hall–Kier alpha value is -3.08. The predicted octanol–water partition coefficient (Wildman–Crippen LogP) is 1.48. The number of fused-ring (bicyclic) bond motifs is 2. The summed E-state index contributed by atoms with van der Waals surface area (Å²) >= 11 is 0. The Morgan fingerprint density at radius 3 is 2.90 bits per heavy atom. The zero-order valence-electron chi connectivity index (χ0n) is 16.1. The molecular weight excluding hydrogens is 403 g/mol. The highest BCUT2D eigenvalue weighted by Crippen LogP contribution is 2.30. The number of aromatic amines is 1. The third-order valence-corrected chi connectivity index (χ3v) is 5.20. The molecule has 1 unspecified atom stereocenters. The fraction of sp³-hybridized carbons (Fsp3) is 0.421. The van der Waals surface area contributed by atoms with Crippen LogP contribution in [0.25, 0.3) is 0 Å². The zero-order chi connectivity index (χ0) is 21.5. The number of benzene rings is 1. The second-order valence-electron chi connectivity index (χ2n) is 7.31. The molecule has 2 aliphatic heterocycles. The van der Waals surface area contributed by atoms with Crippen molar-refractivity contribution in [3.8, 4) is 5.75 Å². The van der Waals surface area contributed by atoms with Gasteiger partial charge in [0.1, 0.15) is 18.4 Å². The van der Waals surface area contributed by atoms with Crippen molar-refractivity contribution in [2.45, 2.75) is 25.2 Å². The van der Waals surface area contributed by atoms with E-state index in [1.165, 1.54) is 9.80 Å². The number of amides is 2. The first-order chi connectivity index (χ1) is 14.2. The first kappa shape index (κ1) is 20.2. The van der Waals surface area contributed by atoms with Crippen LogP contribution in [0.4, 0.5) is 18.9 Å². The first-order valence-electron chi connectivity index (χ1n) is 9.38. The van der Waals surface area contributed by atoms with Crippen molar-refractivity contribution in [1.29, 1.82) is 0 Å². The number of carbonyl (C=O) groups excluding carboxylic acids is 2. The van der Waals surface area contributed by atoms with E-state index in [4.69, 9.17) is 4.74 Å². The highest BCUT2D eigenvalue weighted by atomic mass is 19.4. The molecule has 2 amide bonds. The van der Waals surface area contributed by atoms with Gasteiger partial charge in [0.2, 0.25) is 0 Å². The monoisotopic (exact) mass is 423 g/mol. The molecule has 0 radical (unpaired) electrons. The molecule has 3 heterocycles. The minimum absolute atomic E-state index is 0.00547. The predicted molar refractivity (Wildman–Crippen MR) is 100 cm³/mol. The number of likely N-dealkylation sites (N-methyl/N-ethyl adjacent to an activating group) is 1. The molecule has 0 saturated heterocycles. The van der Waals surface area contributed by atoms with Gasteiger partial charge in [-0.15, -0.1) is 0 Å². The molecule has 0 bridgehead atoms. The maximum absolute atomic E-state index is 12.8. The number of para-hydroxylation sites is 2.